The molecule has 0 unspecified atom stereocenters. The first-order valence-electron chi connectivity index (χ1n) is 6.45. The molecule has 20 heavy (non-hydrogen) atoms. The largest absolute Gasteiger partial charge is 0.465 e. The highest BCUT2D eigenvalue weighted by Crippen LogP contribution is 2.11. The Kier molecular flexibility index (Phi) is 5.26. The number of hydrogen-bond donors (Lipinski definition) is 0. The van der Waals surface area contributed by atoms with Crippen molar-refractivity contribution >= 4 is 5.97 Å². The minimum absolute atomic E-state index is 0.339. The molecular weight excluding hydrogens is 254 g/mol. The minimum atomic E-state index is -0.339. The number of benzene rings is 1. The van der Waals surface area contributed by atoms with Gasteiger partial charge in [0.15, 0.2) is 0 Å². The van der Waals surface area contributed by atoms with Gasteiger partial charge in [0.1, 0.15) is 0 Å². The van der Waals surface area contributed by atoms with E-state index >= 15 is 0 Å². The zero-order valence-corrected chi connectivity index (χ0v) is 11.4. The molecule has 2 aromatic rings. The molecule has 0 N–H and O–H groups in total. The molecule has 0 saturated heterocycles. The SMILES string of the molecule is COC(=O)c1ccccc1COCCc1ccccn1. The second-order valence-corrected chi connectivity index (χ2v) is 4.27. The first-order chi connectivity index (χ1) is 9.81. The lowest BCUT2D eigenvalue weighted by atomic mass is 10.1. The lowest BCUT2D eigenvalue weighted by Crippen LogP contribution is -2.08. The summed E-state index contributed by atoms with van der Waals surface area (Å²) in [6.07, 6.45) is 2.52. The summed E-state index contributed by atoms with van der Waals surface area (Å²) < 4.78 is 10.4. The lowest BCUT2D eigenvalue weighted by molar-refractivity contribution is 0.0592. The quantitative estimate of drug-likeness (QED) is 0.598. The maximum atomic E-state index is 11.6. The van der Waals surface area contributed by atoms with E-state index in [-0.39, 0.29) is 5.97 Å². The monoisotopic (exact) mass is 271 g/mol. The van der Waals surface area contributed by atoms with Gasteiger partial charge in [-0.1, -0.05) is 24.3 Å². The first kappa shape index (κ1) is 14.2. The van der Waals surface area contributed by atoms with Gasteiger partial charge in [-0.2, -0.15) is 0 Å². The molecule has 1 aromatic heterocycles. The van der Waals surface area contributed by atoms with Crippen LogP contribution < -0.4 is 0 Å². The third-order valence-corrected chi connectivity index (χ3v) is 2.91. The molecule has 0 fully saturated rings. The molecular formula is C16H17NO3. The van der Waals surface area contributed by atoms with Crippen LogP contribution in [0.1, 0.15) is 21.6 Å². The van der Waals surface area contributed by atoms with E-state index < -0.39 is 0 Å². The summed E-state index contributed by atoms with van der Waals surface area (Å²) in [6.45, 7) is 0.949. The van der Waals surface area contributed by atoms with Crippen LogP contribution in [0, 0.1) is 0 Å². The Morgan fingerprint density at radius 1 is 1.15 bits per heavy atom. The van der Waals surface area contributed by atoms with E-state index in [4.69, 9.17) is 9.47 Å². The Labute approximate surface area is 118 Å². The van der Waals surface area contributed by atoms with E-state index in [1.54, 1.807) is 12.3 Å². The Bertz CT molecular complexity index is 555. The summed E-state index contributed by atoms with van der Waals surface area (Å²) in [7, 11) is 1.38. The molecule has 104 valence electrons. The van der Waals surface area contributed by atoms with Gasteiger partial charge in [0.2, 0.25) is 0 Å². The first-order valence-corrected chi connectivity index (χ1v) is 6.45. The van der Waals surface area contributed by atoms with Gasteiger partial charge >= 0.3 is 5.97 Å². The molecule has 0 spiro atoms. The molecule has 2 rings (SSSR count). The second-order valence-electron chi connectivity index (χ2n) is 4.27. The van der Waals surface area contributed by atoms with Crippen molar-refractivity contribution in [2.24, 2.45) is 0 Å². The van der Waals surface area contributed by atoms with E-state index in [9.17, 15) is 4.79 Å². The molecule has 0 bridgehead atoms. The summed E-state index contributed by atoms with van der Waals surface area (Å²) >= 11 is 0. The van der Waals surface area contributed by atoms with Crippen molar-refractivity contribution < 1.29 is 14.3 Å². The summed E-state index contributed by atoms with van der Waals surface area (Å²) in [4.78, 5) is 15.8. The number of carbonyl (C=O) groups is 1. The van der Waals surface area contributed by atoms with Crippen molar-refractivity contribution in [3.05, 3.63) is 65.5 Å². The second kappa shape index (κ2) is 7.40. The summed E-state index contributed by atoms with van der Waals surface area (Å²) in [6, 6.07) is 13.1. The molecule has 0 saturated carbocycles. The van der Waals surface area contributed by atoms with Crippen LogP contribution in [0.25, 0.3) is 0 Å². The van der Waals surface area contributed by atoms with E-state index in [2.05, 4.69) is 4.98 Å². The van der Waals surface area contributed by atoms with Crippen LogP contribution in [-0.2, 0) is 22.5 Å². The standard InChI is InChI=1S/C16H17NO3/c1-19-16(18)15-8-3-2-6-13(15)12-20-11-9-14-7-4-5-10-17-14/h2-8,10H,9,11-12H2,1H3. The Morgan fingerprint density at radius 3 is 2.70 bits per heavy atom. The molecule has 1 aromatic carbocycles. The van der Waals surface area contributed by atoms with Crippen LogP contribution in [0.2, 0.25) is 0 Å². The van der Waals surface area contributed by atoms with E-state index in [1.807, 2.05) is 36.4 Å². The number of aromatic nitrogens is 1. The Balaban J connectivity index is 1.87. The van der Waals surface area contributed by atoms with Crippen LogP contribution in [0.5, 0.6) is 0 Å². The smallest absolute Gasteiger partial charge is 0.338 e. The third kappa shape index (κ3) is 3.90. The normalized spacial score (nSPS) is 10.2. The average Bonchev–Trinajstić information content (AvgIpc) is 2.52. The maximum Gasteiger partial charge on any atom is 0.338 e. The number of esters is 1. The van der Waals surface area contributed by atoms with Gasteiger partial charge in [-0.25, -0.2) is 4.79 Å². The van der Waals surface area contributed by atoms with Crippen molar-refractivity contribution in [1.29, 1.82) is 0 Å². The van der Waals surface area contributed by atoms with Crippen LogP contribution in [0.15, 0.2) is 48.7 Å². The van der Waals surface area contributed by atoms with Crippen LogP contribution in [0.3, 0.4) is 0 Å². The van der Waals surface area contributed by atoms with Gasteiger partial charge in [0, 0.05) is 18.3 Å². The van der Waals surface area contributed by atoms with E-state index in [0.29, 0.717) is 18.8 Å². The average molecular weight is 271 g/mol. The Hall–Kier alpha value is -2.20. The van der Waals surface area contributed by atoms with Crippen molar-refractivity contribution in [1.82, 2.24) is 4.98 Å². The van der Waals surface area contributed by atoms with Crippen molar-refractivity contribution in [2.75, 3.05) is 13.7 Å². The van der Waals surface area contributed by atoms with Crippen LogP contribution in [-0.4, -0.2) is 24.7 Å². The molecule has 4 heteroatoms. The van der Waals surface area contributed by atoms with E-state index in [0.717, 1.165) is 17.7 Å². The third-order valence-electron chi connectivity index (χ3n) is 2.91. The predicted octanol–water partition coefficient (Wildman–Crippen LogP) is 2.63. The van der Waals surface area contributed by atoms with Gasteiger partial charge < -0.3 is 9.47 Å². The maximum absolute atomic E-state index is 11.6. The molecule has 0 amide bonds. The summed E-state index contributed by atoms with van der Waals surface area (Å²) in [5, 5.41) is 0. The van der Waals surface area contributed by atoms with Crippen LogP contribution in [0.4, 0.5) is 0 Å². The molecule has 4 nitrogen and oxygen atoms in total. The minimum Gasteiger partial charge on any atom is -0.465 e. The molecule has 1 heterocycles. The highest BCUT2D eigenvalue weighted by Gasteiger charge is 2.10. The molecule has 0 atom stereocenters. The van der Waals surface area contributed by atoms with Gasteiger partial charge in [-0.05, 0) is 23.8 Å². The highest BCUT2D eigenvalue weighted by atomic mass is 16.5. The highest BCUT2D eigenvalue weighted by molar-refractivity contribution is 5.90. The number of ether oxygens (including phenoxy) is 2. The number of rotatable bonds is 6. The molecule has 0 radical (unpaired) electrons. The summed E-state index contributed by atoms with van der Waals surface area (Å²) in [5.74, 6) is -0.339. The van der Waals surface area contributed by atoms with Gasteiger partial charge in [-0.15, -0.1) is 0 Å². The number of nitrogens with zero attached hydrogens (tertiary/aromatic N) is 1. The lowest BCUT2D eigenvalue weighted by Gasteiger charge is -2.08. The van der Waals surface area contributed by atoms with Crippen molar-refractivity contribution in [3.8, 4) is 0 Å². The Morgan fingerprint density at radius 2 is 1.95 bits per heavy atom. The number of hydrogen-bond acceptors (Lipinski definition) is 4. The summed E-state index contributed by atoms with van der Waals surface area (Å²) in [5.41, 5.74) is 2.38. The zero-order chi connectivity index (χ0) is 14.2. The molecule has 0 aliphatic rings. The van der Waals surface area contributed by atoms with Crippen LogP contribution >= 0.6 is 0 Å². The van der Waals surface area contributed by atoms with Gasteiger partial charge in [0.05, 0.1) is 25.9 Å². The fourth-order valence-electron chi connectivity index (χ4n) is 1.86. The van der Waals surface area contributed by atoms with E-state index in [1.165, 1.54) is 7.11 Å². The van der Waals surface area contributed by atoms with Gasteiger partial charge in [-0.3, -0.25) is 4.98 Å². The topological polar surface area (TPSA) is 48.4 Å². The fraction of sp³-hybridized carbons (Fsp3) is 0.250. The number of pyridine rings is 1. The zero-order valence-electron chi connectivity index (χ0n) is 11.4. The van der Waals surface area contributed by atoms with Crippen molar-refractivity contribution in [2.45, 2.75) is 13.0 Å². The number of methoxy groups -OCH3 is 1. The molecule has 0 aliphatic heterocycles. The molecule has 0 aliphatic carbocycles. The predicted molar refractivity (Wildman–Crippen MR) is 75.4 cm³/mol. The fourth-order valence-corrected chi connectivity index (χ4v) is 1.86. The van der Waals surface area contributed by atoms with Gasteiger partial charge in [0.25, 0.3) is 0 Å². The number of carbonyl (C=O) groups excluding carboxylic acids is 1. The van der Waals surface area contributed by atoms with Crippen molar-refractivity contribution in [3.63, 3.8) is 0 Å².